The molecule has 0 spiro atoms. The molecular weight excluding hydrogens is 245 g/mol. The molecule has 16 heavy (non-hydrogen) atoms. The summed E-state index contributed by atoms with van der Waals surface area (Å²) in [5.41, 5.74) is -0.806. The Morgan fingerprint density at radius 1 is 1.44 bits per heavy atom. The van der Waals surface area contributed by atoms with Gasteiger partial charge in [-0.15, -0.1) is 11.6 Å². The summed E-state index contributed by atoms with van der Waals surface area (Å²) in [6.45, 7) is 0. The van der Waals surface area contributed by atoms with Crippen molar-refractivity contribution in [2.45, 2.75) is 12.3 Å². The number of aliphatic hydroxyl groups excluding tert-OH is 1. The van der Waals surface area contributed by atoms with Crippen molar-refractivity contribution >= 4 is 11.6 Å². The minimum atomic E-state index is -4.45. The lowest BCUT2D eigenvalue weighted by atomic mass is 10.1. The van der Waals surface area contributed by atoms with Crippen LogP contribution < -0.4 is 4.74 Å². The predicted octanol–water partition coefficient (Wildman–Crippen LogP) is 2.99. The number of hydrogen-bond acceptors (Lipinski definition) is 2. The van der Waals surface area contributed by atoms with Crippen molar-refractivity contribution in [2.75, 3.05) is 13.0 Å². The van der Waals surface area contributed by atoms with Crippen LogP contribution in [0.3, 0.4) is 0 Å². The van der Waals surface area contributed by atoms with Gasteiger partial charge in [0.05, 0.1) is 24.7 Å². The van der Waals surface area contributed by atoms with E-state index in [-0.39, 0.29) is 17.2 Å². The van der Waals surface area contributed by atoms with Gasteiger partial charge < -0.3 is 9.84 Å². The van der Waals surface area contributed by atoms with Gasteiger partial charge in [-0.05, 0) is 18.2 Å². The van der Waals surface area contributed by atoms with Crippen molar-refractivity contribution in [3.05, 3.63) is 29.3 Å². The molecule has 0 unspecified atom stereocenters. The Kier molecular flexibility index (Phi) is 4.04. The molecule has 1 atom stereocenters. The average molecular weight is 255 g/mol. The van der Waals surface area contributed by atoms with E-state index in [0.29, 0.717) is 0 Å². The van der Waals surface area contributed by atoms with Crippen molar-refractivity contribution in [1.82, 2.24) is 0 Å². The maximum atomic E-state index is 12.4. The molecule has 0 bridgehead atoms. The second-order valence-electron chi connectivity index (χ2n) is 3.12. The number of alkyl halides is 4. The van der Waals surface area contributed by atoms with E-state index in [1.165, 1.54) is 7.11 Å². The highest BCUT2D eigenvalue weighted by Gasteiger charge is 2.31. The lowest BCUT2D eigenvalue weighted by Gasteiger charge is -2.15. The molecule has 0 aliphatic rings. The van der Waals surface area contributed by atoms with Crippen LogP contribution in [0, 0.1) is 0 Å². The zero-order chi connectivity index (χ0) is 12.3. The third-order valence-corrected chi connectivity index (χ3v) is 2.35. The molecule has 1 aromatic rings. The molecule has 0 saturated carbocycles. The van der Waals surface area contributed by atoms with Crippen LogP contribution in [0.1, 0.15) is 17.2 Å². The van der Waals surface area contributed by atoms with Gasteiger partial charge in [0.2, 0.25) is 0 Å². The Hall–Kier alpha value is -0.940. The average Bonchev–Trinajstić information content (AvgIpc) is 2.25. The van der Waals surface area contributed by atoms with Crippen molar-refractivity contribution in [3.63, 3.8) is 0 Å². The Labute approximate surface area is 95.6 Å². The van der Waals surface area contributed by atoms with Crippen LogP contribution in [0.25, 0.3) is 0 Å². The molecule has 0 heterocycles. The third kappa shape index (κ3) is 2.80. The first-order valence-corrected chi connectivity index (χ1v) is 4.92. The van der Waals surface area contributed by atoms with Crippen LogP contribution in [0.5, 0.6) is 5.75 Å². The lowest BCUT2D eigenvalue weighted by Crippen LogP contribution is -2.08. The Morgan fingerprint density at radius 3 is 2.50 bits per heavy atom. The SMILES string of the molecule is COc1ccc(C(F)(F)F)cc1[C@H](O)CCl. The molecule has 0 radical (unpaired) electrons. The van der Waals surface area contributed by atoms with Gasteiger partial charge in [0.25, 0.3) is 0 Å². The normalized spacial score (nSPS) is 13.6. The zero-order valence-corrected chi connectivity index (χ0v) is 9.14. The van der Waals surface area contributed by atoms with E-state index in [1.807, 2.05) is 0 Å². The molecule has 6 heteroatoms. The number of methoxy groups -OCH3 is 1. The summed E-state index contributed by atoms with van der Waals surface area (Å²) < 4.78 is 42.1. The maximum Gasteiger partial charge on any atom is 0.416 e. The Bertz CT molecular complexity index is 366. The summed E-state index contributed by atoms with van der Waals surface area (Å²) in [6.07, 6.45) is -5.63. The van der Waals surface area contributed by atoms with Gasteiger partial charge >= 0.3 is 6.18 Å². The number of aliphatic hydroxyl groups is 1. The standard InChI is InChI=1S/C10H10ClF3O2/c1-16-9-3-2-6(10(12,13)14)4-7(9)8(15)5-11/h2-4,8,15H,5H2,1H3/t8-/m1/s1. The number of benzene rings is 1. The first kappa shape index (κ1) is 13.1. The predicted molar refractivity (Wildman–Crippen MR) is 53.7 cm³/mol. The summed E-state index contributed by atoms with van der Waals surface area (Å²) in [6, 6.07) is 2.89. The topological polar surface area (TPSA) is 29.5 Å². The highest BCUT2D eigenvalue weighted by Crippen LogP contribution is 2.34. The lowest BCUT2D eigenvalue weighted by molar-refractivity contribution is -0.137. The monoisotopic (exact) mass is 254 g/mol. The third-order valence-electron chi connectivity index (χ3n) is 2.06. The molecule has 1 rings (SSSR count). The van der Waals surface area contributed by atoms with E-state index in [9.17, 15) is 18.3 Å². The minimum absolute atomic E-state index is 0.0346. The molecule has 0 saturated heterocycles. The van der Waals surface area contributed by atoms with E-state index < -0.39 is 17.8 Å². The molecule has 1 aromatic carbocycles. The summed E-state index contributed by atoms with van der Waals surface area (Å²) in [7, 11) is 1.31. The highest BCUT2D eigenvalue weighted by molar-refractivity contribution is 6.18. The van der Waals surface area contributed by atoms with Crippen molar-refractivity contribution in [1.29, 1.82) is 0 Å². The zero-order valence-electron chi connectivity index (χ0n) is 8.38. The van der Waals surface area contributed by atoms with Crippen LogP contribution >= 0.6 is 11.6 Å². The maximum absolute atomic E-state index is 12.4. The van der Waals surface area contributed by atoms with E-state index in [1.54, 1.807) is 0 Å². The van der Waals surface area contributed by atoms with Crippen LogP contribution in [0.2, 0.25) is 0 Å². The number of ether oxygens (including phenoxy) is 1. The summed E-state index contributed by atoms with van der Waals surface area (Å²) in [5.74, 6) is -0.0151. The first-order chi connectivity index (χ1) is 7.40. The van der Waals surface area contributed by atoms with Crippen molar-refractivity contribution in [3.8, 4) is 5.75 Å². The molecule has 90 valence electrons. The Balaban J connectivity index is 3.21. The van der Waals surface area contributed by atoms with E-state index >= 15 is 0 Å². The molecule has 1 N–H and O–H groups in total. The summed E-state index contributed by atoms with van der Waals surface area (Å²) in [5, 5.41) is 9.45. The Morgan fingerprint density at radius 2 is 2.06 bits per heavy atom. The highest BCUT2D eigenvalue weighted by atomic mass is 35.5. The van der Waals surface area contributed by atoms with Crippen LogP contribution in [0.15, 0.2) is 18.2 Å². The van der Waals surface area contributed by atoms with Gasteiger partial charge in [-0.25, -0.2) is 0 Å². The second kappa shape index (κ2) is 4.93. The van der Waals surface area contributed by atoms with Crippen molar-refractivity contribution < 1.29 is 23.0 Å². The molecular formula is C10H10ClF3O2. The van der Waals surface area contributed by atoms with Gasteiger partial charge in [-0.2, -0.15) is 13.2 Å². The van der Waals surface area contributed by atoms with Gasteiger partial charge in [0.15, 0.2) is 0 Å². The van der Waals surface area contributed by atoms with Crippen LogP contribution in [-0.2, 0) is 6.18 Å². The van der Waals surface area contributed by atoms with Gasteiger partial charge in [0, 0.05) is 5.56 Å². The van der Waals surface area contributed by atoms with Crippen LogP contribution in [0.4, 0.5) is 13.2 Å². The quantitative estimate of drug-likeness (QED) is 0.841. The second-order valence-corrected chi connectivity index (χ2v) is 3.43. The number of hydrogen-bond donors (Lipinski definition) is 1. The molecule has 0 aliphatic heterocycles. The van der Waals surface area contributed by atoms with Gasteiger partial charge in [-0.1, -0.05) is 0 Å². The fourth-order valence-corrected chi connectivity index (χ4v) is 1.42. The molecule has 2 nitrogen and oxygen atoms in total. The van der Waals surface area contributed by atoms with E-state index in [0.717, 1.165) is 18.2 Å². The summed E-state index contributed by atoms with van der Waals surface area (Å²) in [4.78, 5) is 0. The largest absolute Gasteiger partial charge is 0.496 e. The molecule has 0 aliphatic carbocycles. The first-order valence-electron chi connectivity index (χ1n) is 4.39. The summed E-state index contributed by atoms with van der Waals surface area (Å²) >= 11 is 5.40. The van der Waals surface area contributed by atoms with Gasteiger partial charge in [0.1, 0.15) is 5.75 Å². The van der Waals surface area contributed by atoms with Crippen molar-refractivity contribution in [2.24, 2.45) is 0 Å². The van der Waals surface area contributed by atoms with Crippen LogP contribution in [-0.4, -0.2) is 18.1 Å². The molecule has 0 fully saturated rings. The fourth-order valence-electron chi connectivity index (χ4n) is 1.25. The van der Waals surface area contributed by atoms with E-state index in [4.69, 9.17) is 16.3 Å². The van der Waals surface area contributed by atoms with E-state index in [2.05, 4.69) is 0 Å². The fraction of sp³-hybridized carbons (Fsp3) is 0.400. The molecule has 0 aromatic heterocycles. The number of halogens is 4. The van der Waals surface area contributed by atoms with Gasteiger partial charge in [-0.3, -0.25) is 0 Å². The smallest absolute Gasteiger partial charge is 0.416 e. The number of rotatable bonds is 3. The molecule has 0 amide bonds. The minimum Gasteiger partial charge on any atom is -0.496 e.